The molecule has 6 nitrogen and oxygen atoms in total. The Balaban J connectivity index is 1.60. The third-order valence-corrected chi connectivity index (χ3v) is 4.60. The van der Waals surface area contributed by atoms with Crippen LogP contribution in [0.3, 0.4) is 0 Å². The first kappa shape index (κ1) is 16.2. The van der Waals surface area contributed by atoms with E-state index in [9.17, 15) is 9.59 Å². The van der Waals surface area contributed by atoms with E-state index in [0.717, 1.165) is 16.3 Å². The zero-order chi connectivity index (χ0) is 16.9. The lowest BCUT2D eigenvalue weighted by atomic mass is 10.1. The third-order valence-electron chi connectivity index (χ3n) is 3.79. The smallest absolute Gasteiger partial charge is 0.245 e. The van der Waals surface area contributed by atoms with Crippen LogP contribution in [0.25, 0.3) is 0 Å². The molecule has 1 aromatic heterocycles. The second-order valence-corrected chi connectivity index (χ2v) is 6.33. The molecule has 0 unspecified atom stereocenters. The van der Waals surface area contributed by atoms with E-state index in [1.165, 1.54) is 11.3 Å². The van der Waals surface area contributed by atoms with Crippen molar-refractivity contribution in [3.63, 3.8) is 0 Å². The highest BCUT2D eigenvalue weighted by Crippen LogP contribution is 2.26. The van der Waals surface area contributed by atoms with Gasteiger partial charge in [-0.15, -0.1) is 11.3 Å². The Morgan fingerprint density at radius 2 is 2.17 bits per heavy atom. The molecule has 2 aromatic rings. The molecule has 24 heavy (non-hydrogen) atoms. The summed E-state index contributed by atoms with van der Waals surface area (Å²) in [4.78, 5) is 26.9. The number of methoxy groups -OCH3 is 1. The Hall–Kier alpha value is -2.67. The Kier molecular flexibility index (Phi) is 4.90. The van der Waals surface area contributed by atoms with Gasteiger partial charge in [0.15, 0.2) is 0 Å². The standard InChI is InChI=1S/C17H17N3O3S/c1-23-14-6-4-13(5-7-14)20-11-12(9-16(20)21)17(22)19-18-10-15-3-2-8-24-15/h2-8,10,12H,9,11H2,1H3,(H,19,22)/b18-10-/t12-/m1/s1. The predicted octanol–water partition coefficient (Wildman–Crippen LogP) is 2.26. The molecule has 1 aliphatic rings. The second-order valence-electron chi connectivity index (χ2n) is 5.35. The fraction of sp³-hybridized carbons (Fsp3) is 0.235. The van der Waals surface area contributed by atoms with Crippen LogP contribution in [0.4, 0.5) is 5.69 Å². The normalized spacial score (nSPS) is 17.5. The van der Waals surface area contributed by atoms with Crippen LogP contribution in [0.5, 0.6) is 5.75 Å². The lowest BCUT2D eigenvalue weighted by molar-refractivity contribution is -0.126. The number of nitrogens with one attached hydrogen (secondary N) is 1. The summed E-state index contributed by atoms with van der Waals surface area (Å²) in [6.45, 7) is 0.353. The molecule has 1 aromatic carbocycles. The van der Waals surface area contributed by atoms with Crippen LogP contribution >= 0.6 is 11.3 Å². The van der Waals surface area contributed by atoms with Crippen molar-refractivity contribution < 1.29 is 14.3 Å². The van der Waals surface area contributed by atoms with Gasteiger partial charge in [-0.05, 0) is 35.7 Å². The maximum absolute atomic E-state index is 12.2. The number of hydrazone groups is 1. The lowest BCUT2D eigenvalue weighted by Crippen LogP contribution is -2.30. The highest BCUT2D eigenvalue weighted by Gasteiger charge is 2.35. The SMILES string of the molecule is COc1ccc(N2C[C@H](C(=O)N/N=C\c3cccs3)CC2=O)cc1. The van der Waals surface area contributed by atoms with Gasteiger partial charge in [-0.1, -0.05) is 6.07 Å². The maximum Gasteiger partial charge on any atom is 0.245 e. The Morgan fingerprint density at radius 1 is 1.38 bits per heavy atom. The van der Waals surface area contributed by atoms with Gasteiger partial charge in [-0.25, -0.2) is 5.43 Å². The fourth-order valence-electron chi connectivity index (χ4n) is 2.51. The molecule has 0 saturated carbocycles. The number of benzene rings is 1. The lowest BCUT2D eigenvalue weighted by Gasteiger charge is -2.16. The van der Waals surface area contributed by atoms with Crippen molar-refractivity contribution in [1.29, 1.82) is 0 Å². The molecule has 7 heteroatoms. The minimum atomic E-state index is -0.403. The highest BCUT2D eigenvalue weighted by atomic mass is 32.1. The van der Waals surface area contributed by atoms with Crippen LogP contribution in [-0.4, -0.2) is 31.7 Å². The number of carbonyl (C=O) groups excluding carboxylic acids is 2. The maximum atomic E-state index is 12.2. The largest absolute Gasteiger partial charge is 0.497 e. The van der Waals surface area contributed by atoms with E-state index in [1.807, 2.05) is 29.6 Å². The molecule has 1 atom stereocenters. The first-order valence-corrected chi connectivity index (χ1v) is 8.36. The number of ether oxygens (including phenoxy) is 1. The highest BCUT2D eigenvalue weighted by molar-refractivity contribution is 7.11. The van der Waals surface area contributed by atoms with Crippen molar-refractivity contribution >= 4 is 35.1 Å². The van der Waals surface area contributed by atoms with Crippen molar-refractivity contribution in [2.45, 2.75) is 6.42 Å². The number of amides is 2. The predicted molar refractivity (Wildman–Crippen MR) is 93.5 cm³/mol. The monoisotopic (exact) mass is 343 g/mol. The van der Waals surface area contributed by atoms with Crippen LogP contribution in [0.1, 0.15) is 11.3 Å². The van der Waals surface area contributed by atoms with E-state index < -0.39 is 5.92 Å². The Labute approximate surface area is 143 Å². The van der Waals surface area contributed by atoms with Gasteiger partial charge in [-0.2, -0.15) is 5.10 Å². The van der Waals surface area contributed by atoms with Crippen molar-refractivity contribution in [2.75, 3.05) is 18.6 Å². The van der Waals surface area contributed by atoms with E-state index in [4.69, 9.17) is 4.74 Å². The van der Waals surface area contributed by atoms with Gasteiger partial charge in [0.25, 0.3) is 0 Å². The summed E-state index contributed by atoms with van der Waals surface area (Å²) in [6.07, 6.45) is 1.78. The first-order valence-electron chi connectivity index (χ1n) is 7.48. The van der Waals surface area contributed by atoms with Gasteiger partial charge in [0, 0.05) is 23.5 Å². The van der Waals surface area contributed by atoms with Crippen LogP contribution in [0.2, 0.25) is 0 Å². The van der Waals surface area contributed by atoms with E-state index in [-0.39, 0.29) is 18.2 Å². The van der Waals surface area contributed by atoms with Crippen LogP contribution in [0, 0.1) is 5.92 Å². The van der Waals surface area contributed by atoms with Gasteiger partial charge < -0.3 is 9.64 Å². The molecule has 0 spiro atoms. The second kappa shape index (κ2) is 7.27. The average molecular weight is 343 g/mol. The summed E-state index contributed by atoms with van der Waals surface area (Å²) < 4.78 is 5.11. The molecular weight excluding hydrogens is 326 g/mol. The minimum absolute atomic E-state index is 0.0671. The molecule has 0 radical (unpaired) electrons. The van der Waals surface area contributed by atoms with Crippen molar-refractivity contribution in [3.05, 3.63) is 46.7 Å². The Morgan fingerprint density at radius 3 is 2.83 bits per heavy atom. The summed E-state index contributed by atoms with van der Waals surface area (Å²) in [5.74, 6) is 0.0115. The quantitative estimate of drug-likeness (QED) is 0.669. The number of hydrogen-bond donors (Lipinski definition) is 1. The van der Waals surface area contributed by atoms with Gasteiger partial charge in [0.05, 0.1) is 19.2 Å². The van der Waals surface area contributed by atoms with Crippen LogP contribution in [-0.2, 0) is 9.59 Å². The minimum Gasteiger partial charge on any atom is -0.497 e. The third kappa shape index (κ3) is 3.62. The van der Waals surface area contributed by atoms with Crippen molar-refractivity contribution in [2.24, 2.45) is 11.0 Å². The molecule has 3 rings (SSSR count). The van der Waals surface area contributed by atoms with E-state index >= 15 is 0 Å². The number of thiophene rings is 1. The van der Waals surface area contributed by atoms with Crippen molar-refractivity contribution in [1.82, 2.24) is 5.43 Å². The van der Waals surface area contributed by atoms with Gasteiger partial charge in [-0.3, -0.25) is 9.59 Å². The first-order chi connectivity index (χ1) is 11.7. The molecule has 2 amide bonds. The van der Waals surface area contributed by atoms with E-state index in [0.29, 0.717) is 6.54 Å². The zero-order valence-corrected chi connectivity index (χ0v) is 14.0. The molecule has 124 valence electrons. The van der Waals surface area contributed by atoms with Crippen LogP contribution < -0.4 is 15.1 Å². The molecule has 1 fully saturated rings. The number of anilines is 1. The summed E-state index contributed by atoms with van der Waals surface area (Å²) in [5, 5.41) is 5.88. The molecule has 1 saturated heterocycles. The van der Waals surface area contributed by atoms with E-state index in [1.54, 1.807) is 30.4 Å². The number of rotatable bonds is 5. The van der Waals surface area contributed by atoms with Gasteiger partial charge in [0.2, 0.25) is 11.8 Å². The number of nitrogens with zero attached hydrogens (tertiary/aromatic N) is 2. The number of carbonyl (C=O) groups is 2. The Bertz CT molecular complexity index is 741. The van der Waals surface area contributed by atoms with Crippen molar-refractivity contribution in [3.8, 4) is 5.75 Å². The summed E-state index contributed by atoms with van der Waals surface area (Å²) >= 11 is 1.53. The molecule has 0 bridgehead atoms. The number of hydrogen-bond acceptors (Lipinski definition) is 5. The van der Waals surface area contributed by atoms with Gasteiger partial charge >= 0.3 is 0 Å². The molecular formula is C17H17N3O3S. The summed E-state index contributed by atoms with van der Waals surface area (Å²) in [5.41, 5.74) is 3.27. The molecule has 1 aliphatic heterocycles. The van der Waals surface area contributed by atoms with Gasteiger partial charge in [0.1, 0.15) is 5.75 Å². The average Bonchev–Trinajstić information content (AvgIpc) is 3.24. The molecule has 2 heterocycles. The fourth-order valence-corrected chi connectivity index (χ4v) is 3.10. The molecule has 1 N–H and O–H groups in total. The zero-order valence-electron chi connectivity index (χ0n) is 13.1. The van der Waals surface area contributed by atoms with Crippen LogP contribution in [0.15, 0.2) is 46.9 Å². The topological polar surface area (TPSA) is 71.0 Å². The van der Waals surface area contributed by atoms with E-state index in [2.05, 4.69) is 10.5 Å². The summed E-state index contributed by atoms with van der Waals surface area (Å²) in [6, 6.07) is 11.0. The molecule has 0 aliphatic carbocycles. The summed E-state index contributed by atoms with van der Waals surface area (Å²) in [7, 11) is 1.59.